The highest BCUT2D eigenvalue weighted by Crippen LogP contribution is 2.09. The fourth-order valence-corrected chi connectivity index (χ4v) is 2.79. The van der Waals surface area contributed by atoms with Crippen LogP contribution in [0.1, 0.15) is 27.2 Å². The van der Waals surface area contributed by atoms with E-state index in [1.54, 1.807) is 5.38 Å². The molecule has 0 saturated carbocycles. The lowest BCUT2D eigenvalue weighted by atomic mass is 10.3. The van der Waals surface area contributed by atoms with Crippen LogP contribution in [0.5, 0.6) is 0 Å². The quantitative estimate of drug-likeness (QED) is 0.874. The number of rotatable bonds is 5. The maximum absolute atomic E-state index is 12.4. The second-order valence-corrected chi connectivity index (χ2v) is 5.73. The lowest BCUT2D eigenvalue weighted by Crippen LogP contribution is -2.43. The zero-order valence-corrected chi connectivity index (χ0v) is 13.1. The van der Waals surface area contributed by atoms with Gasteiger partial charge in [-0.05, 0) is 31.8 Å². The van der Waals surface area contributed by atoms with Crippen LogP contribution in [0, 0.1) is 0 Å². The first-order valence-corrected chi connectivity index (χ1v) is 7.66. The average molecular weight is 310 g/mol. The van der Waals surface area contributed by atoms with E-state index in [0.29, 0.717) is 18.5 Å². The molecular weight excluding hydrogens is 292 g/mol. The predicted octanol–water partition coefficient (Wildman–Crippen LogP) is 0.554. The van der Waals surface area contributed by atoms with E-state index in [1.807, 2.05) is 20.8 Å². The van der Waals surface area contributed by atoms with Crippen molar-refractivity contribution in [3.05, 3.63) is 26.2 Å². The Hall–Kier alpha value is -1.96. The van der Waals surface area contributed by atoms with Crippen LogP contribution in [0.15, 0.2) is 15.0 Å². The minimum absolute atomic E-state index is 0.00848. The number of nitrogens with zero attached hydrogens (tertiary/aromatic N) is 3. The van der Waals surface area contributed by atoms with Crippen molar-refractivity contribution < 1.29 is 4.79 Å². The SMILES string of the molecule is CCCn1c(=O)c2nscc2n(CC(=O)NC(C)C)c1=O. The van der Waals surface area contributed by atoms with Gasteiger partial charge in [0.25, 0.3) is 5.56 Å². The number of aromatic nitrogens is 3. The molecule has 2 aromatic heterocycles. The van der Waals surface area contributed by atoms with Crippen molar-refractivity contribution in [3.8, 4) is 0 Å². The van der Waals surface area contributed by atoms with Crippen LogP contribution in [0.2, 0.25) is 0 Å². The summed E-state index contributed by atoms with van der Waals surface area (Å²) >= 11 is 1.10. The number of fused-ring (bicyclic) bond motifs is 1. The summed E-state index contributed by atoms with van der Waals surface area (Å²) in [5.41, 5.74) is -0.196. The van der Waals surface area contributed by atoms with E-state index < -0.39 is 11.2 Å². The van der Waals surface area contributed by atoms with Gasteiger partial charge >= 0.3 is 5.69 Å². The van der Waals surface area contributed by atoms with E-state index in [4.69, 9.17) is 0 Å². The highest BCUT2D eigenvalue weighted by atomic mass is 32.1. The maximum atomic E-state index is 12.4. The topological polar surface area (TPSA) is 86.0 Å². The molecule has 0 bridgehead atoms. The van der Waals surface area contributed by atoms with E-state index in [1.165, 1.54) is 4.57 Å². The summed E-state index contributed by atoms with van der Waals surface area (Å²) in [6.45, 7) is 5.78. The van der Waals surface area contributed by atoms with E-state index >= 15 is 0 Å². The van der Waals surface area contributed by atoms with Gasteiger partial charge in [0.05, 0.1) is 5.52 Å². The Morgan fingerprint density at radius 3 is 2.71 bits per heavy atom. The second-order valence-electron chi connectivity index (χ2n) is 5.10. The van der Waals surface area contributed by atoms with Crippen LogP contribution in [0.4, 0.5) is 0 Å². The van der Waals surface area contributed by atoms with E-state index in [0.717, 1.165) is 16.1 Å². The van der Waals surface area contributed by atoms with Crippen LogP contribution in [-0.2, 0) is 17.9 Å². The summed E-state index contributed by atoms with van der Waals surface area (Å²) in [4.78, 5) is 36.6. The third kappa shape index (κ3) is 3.05. The molecule has 2 heterocycles. The smallest absolute Gasteiger partial charge is 0.332 e. The molecule has 1 amide bonds. The van der Waals surface area contributed by atoms with Crippen molar-refractivity contribution in [3.63, 3.8) is 0 Å². The zero-order valence-electron chi connectivity index (χ0n) is 12.3. The standard InChI is InChI=1S/C13H18N4O3S/c1-4-5-16-12(19)11-9(7-21-15-11)17(13(16)20)6-10(18)14-8(2)3/h7-8H,4-6H2,1-3H3,(H,14,18). The summed E-state index contributed by atoms with van der Waals surface area (Å²) < 4.78 is 6.50. The van der Waals surface area contributed by atoms with Crippen molar-refractivity contribution in [1.82, 2.24) is 18.8 Å². The third-order valence-corrected chi connectivity index (χ3v) is 3.57. The van der Waals surface area contributed by atoms with Crippen molar-refractivity contribution in [1.29, 1.82) is 0 Å². The summed E-state index contributed by atoms with van der Waals surface area (Å²) in [7, 11) is 0. The van der Waals surface area contributed by atoms with Gasteiger partial charge in [-0.25, -0.2) is 4.79 Å². The molecule has 0 aliphatic carbocycles. The molecule has 7 nitrogen and oxygen atoms in total. The molecule has 1 N–H and O–H groups in total. The molecular formula is C13H18N4O3S. The molecule has 0 aromatic carbocycles. The maximum Gasteiger partial charge on any atom is 0.332 e. The predicted molar refractivity (Wildman–Crippen MR) is 81.7 cm³/mol. The first-order chi connectivity index (χ1) is 9.95. The molecule has 8 heteroatoms. The second kappa shape index (κ2) is 6.21. The third-order valence-electron chi connectivity index (χ3n) is 2.95. The van der Waals surface area contributed by atoms with Gasteiger partial charge in [-0.2, -0.15) is 4.37 Å². The average Bonchev–Trinajstić information content (AvgIpc) is 2.88. The number of nitrogens with one attached hydrogen (secondary N) is 1. The van der Waals surface area contributed by atoms with E-state index in [2.05, 4.69) is 9.69 Å². The highest BCUT2D eigenvalue weighted by molar-refractivity contribution is 7.04. The van der Waals surface area contributed by atoms with Crippen LogP contribution in [0.3, 0.4) is 0 Å². The van der Waals surface area contributed by atoms with Crippen LogP contribution in [-0.4, -0.2) is 25.5 Å². The fraction of sp³-hybridized carbons (Fsp3) is 0.538. The molecule has 0 unspecified atom stereocenters. The van der Waals surface area contributed by atoms with Crippen LogP contribution >= 0.6 is 11.5 Å². The van der Waals surface area contributed by atoms with Crippen molar-refractivity contribution in [2.45, 2.75) is 46.3 Å². The normalized spacial score (nSPS) is 11.2. The molecule has 2 aromatic rings. The monoisotopic (exact) mass is 310 g/mol. The first kappa shape index (κ1) is 15.4. The Morgan fingerprint density at radius 2 is 2.10 bits per heavy atom. The summed E-state index contributed by atoms with van der Waals surface area (Å²) in [6.07, 6.45) is 0.656. The summed E-state index contributed by atoms with van der Waals surface area (Å²) in [5.74, 6) is -0.263. The van der Waals surface area contributed by atoms with E-state index in [9.17, 15) is 14.4 Å². The Morgan fingerprint density at radius 1 is 1.38 bits per heavy atom. The van der Waals surface area contributed by atoms with Gasteiger partial charge in [-0.3, -0.25) is 18.7 Å². The lowest BCUT2D eigenvalue weighted by molar-refractivity contribution is -0.122. The van der Waals surface area contributed by atoms with Gasteiger partial charge < -0.3 is 5.32 Å². The van der Waals surface area contributed by atoms with Crippen molar-refractivity contribution >= 4 is 28.5 Å². The Bertz CT molecular complexity index is 772. The molecule has 114 valence electrons. The lowest BCUT2D eigenvalue weighted by Gasteiger charge is -2.12. The number of carbonyl (C=O) groups excluding carboxylic acids is 1. The molecule has 21 heavy (non-hydrogen) atoms. The molecule has 0 spiro atoms. The van der Waals surface area contributed by atoms with Crippen LogP contribution < -0.4 is 16.6 Å². The van der Waals surface area contributed by atoms with Crippen molar-refractivity contribution in [2.75, 3.05) is 0 Å². The van der Waals surface area contributed by atoms with Gasteiger partial charge in [0.15, 0.2) is 5.52 Å². The molecule has 0 atom stereocenters. The highest BCUT2D eigenvalue weighted by Gasteiger charge is 2.16. The number of amides is 1. The van der Waals surface area contributed by atoms with Gasteiger partial charge in [0, 0.05) is 18.0 Å². The number of hydrogen-bond donors (Lipinski definition) is 1. The molecule has 0 aliphatic rings. The minimum Gasteiger partial charge on any atom is -0.352 e. The summed E-state index contributed by atoms with van der Waals surface area (Å²) in [6, 6.07) is -0.00848. The molecule has 0 radical (unpaired) electrons. The Kier molecular flexibility index (Phi) is 4.56. The van der Waals surface area contributed by atoms with Gasteiger partial charge in [-0.15, -0.1) is 0 Å². The first-order valence-electron chi connectivity index (χ1n) is 6.82. The molecule has 0 saturated heterocycles. The summed E-state index contributed by atoms with van der Waals surface area (Å²) in [5, 5.41) is 4.36. The fourth-order valence-electron chi connectivity index (χ4n) is 2.12. The van der Waals surface area contributed by atoms with Crippen molar-refractivity contribution in [2.24, 2.45) is 0 Å². The number of hydrogen-bond acceptors (Lipinski definition) is 5. The molecule has 0 fully saturated rings. The number of carbonyl (C=O) groups is 1. The molecule has 2 rings (SSSR count). The zero-order chi connectivity index (χ0) is 15.6. The Balaban J connectivity index is 2.56. The minimum atomic E-state index is -0.464. The Labute approximate surface area is 125 Å². The van der Waals surface area contributed by atoms with Gasteiger partial charge in [0.2, 0.25) is 5.91 Å². The van der Waals surface area contributed by atoms with Crippen LogP contribution in [0.25, 0.3) is 11.0 Å². The molecule has 0 aliphatic heterocycles. The van der Waals surface area contributed by atoms with Gasteiger partial charge in [-0.1, -0.05) is 6.92 Å². The largest absolute Gasteiger partial charge is 0.352 e. The van der Waals surface area contributed by atoms with E-state index in [-0.39, 0.29) is 24.0 Å². The van der Waals surface area contributed by atoms with Gasteiger partial charge in [0.1, 0.15) is 6.54 Å².